The lowest BCUT2D eigenvalue weighted by Gasteiger charge is -1.94. The lowest BCUT2D eigenvalue weighted by molar-refractivity contribution is 0.630. The third-order valence-corrected chi connectivity index (χ3v) is 3.94. The predicted molar refractivity (Wildman–Crippen MR) is 54.5 cm³/mol. The molecule has 0 aliphatic rings. The fraction of sp³-hybridized carbons (Fsp3) is 0. The van der Waals surface area contributed by atoms with E-state index in [4.69, 9.17) is 11.6 Å². The van der Waals surface area contributed by atoms with Crippen LogP contribution in [-0.4, -0.2) is 0 Å². The first-order valence-corrected chi connectivity index (χ1v) is 5.25. The molecule has 0 N–H and O–H groups in total. The smallest absolute Gasteiger partial charge is 0.125 e. The second kappa shape index (κ2) is 2.98. The molecule has 1 aromatic heterocycles. The minimum atomic E-state index is -0.299. The van der Waals surface area contributed by atoms with Crippen LogP contribution in [0.4, 0.5) is 4.39 Å². The van der Waals surface area contributed by atoms with Gasteiger partial charge < -0.3 is 0 Å². The average molecular weight is 266 g/mol. The molecule has 2 rings (SSSR count). The van der Waals surface area contributed by atoms with E-state index in [1.165, 1.54) is 23.5 Å². The Morgan fingerprint density at radius 1 is 1.42 bits per heavy atom. The number of benzene rings is 1. The zero-order valence-electron chi connectivity index (χ0n) is 5.77. The molecule has 0 unspecified atom stereocenters. The summed E-state index contributed by atoms with van der Waals surface area (Å²) in [7, 11) is 0. The molecule has 0 saturated carbocycles. The SMILES string of the molecule is Fc1cc(Cl)c2scc(Br)c2c1. The molecule has 0 nitrogen and oxygen atoms in total. The van der Waals surface area contributed by atoms with Crippen LogP contribution in [0, 0.1) is 5.82 Å². The van der Waals surface area contributed by atoms with Crippen molar-refractivity contribution in [2.75, 3.05) is 0 Å². The Labute approximate surface area is 86.1 Å². The number of fused-ring (bicyclic) bond motifs is 1. The van der Waals surface area contributed by atoms with Gasteiger partial charge in [0.1, 0.15) is 5.82 Å². The van der Waals surface area contributed by atoms with E-state index in [-0.39, 0.29) is 5.82 Å². The van der Waals surface area contributed by atoms with Crippen molar-refractivity contribution in [3.63, 3.8) is 0 Å². The first kappa shape index (κ1) is 8.48. The number of rotatable bonds is 0. The van der Waals surface area contributed by atoms with E-state index in [2.05, 4.69) is 15.9 Å². The predicted octanol–water partition coefficient (Wildman–Crippen LogP) is 4.46. The van der Waals surface area contributed by atoms with Gasteiger partial charge >= 0.3 is 0 Å². The van der Waals surface area contributed by atoms with Gasteiger partial charge in [-0.2, -0.15) is 0 Å². The zero-order valence-corrected chi connectivity index (χ0v) is 8.93. The van der Waals surface area contributed by atoms with Crippen LogP contribution in [0.5, 0.6) is 0 Å². The van der Waals surface area contributed by atoms with Crippen LogP contribution in [-0.2, 0) is 0 Å². The minimum absolute atomic E-state index is 0.299. The first-order valence-electron chi connectivity index (χ1n) is 3.20. The number of hydrogen-bond acceptors (Lipinski definition) is 1. The molecule has 2 aromatic rings. The minimum Gasteiger partial charge on any atom is -0.207 e. The maximum atomic E-state index is 12.9. The Morgan fingerprint density at radius 2 is 2.17 bits per heavy atom. The summed E-state index contributed by atoms with van der Waals surface area (Å²) in [6.07, 6.45) is 0. The largest absolute Gasteiger partial charge is 0.207 e. The molecule has 1 aromatic carbocycles. The van der Waals surface area contributed by atoms with Crippen LogP contribution in [0.1, 0.15) is 0 Å². The summed E-state index contributed by atoms with van der Waals surface area (Å²) in [5, 5.41) is 3.21. The van der Waals surface area contributed by atoms with Crippen molar-refractivity contribution in [2.24, 2.45) is 0 Å². The van der Waals surface area contributed by atoms with E-state index in [1.54, 1.807) is 0 Å². The van der Waals surface area contributed by atoms with Crippen molar-refractivity contribution >= 4 is 49.0 Å². The first-order chi connectivity index (χ1) is 5.68. The molecule has 0 radical (unpaired) electrons. The summed E-state index contributed by atoms with van der Waals surface area (Å²) in [5.41, 5.74) is 0. The highest BCUT2D eigenvalue weighted by molar-refractivity contribution is 9.10. The van der Waals surface area contributed by atoms with Crippen molar-refractivity contribution in [2.45, 2.75) is 0 Å². The van der Waals surface area contributed by atoms with Crippen LogP contribution in [0.15, 0.2) is 22.0 Å². The summed E-state index contributed by atoms with van der Waals surface area (Å²) >= 11 is 10.6. The topological polar surface area (TPSA) is 0 Å². The average Bonchev–Trinajstić information content (AvgIpc) is 2.33. The molecule has 0 fully saturated rings. The molecule has 1 heterocycles. The highest BCUT2D eigenvalue weighted by Crippen LogP contribution is 2.35. The van der Waals surface area contributed by atoms with Gasteiger partial charge in [0, 0.05) is 15.2 Å². The number of hydrogen-bond donors (Lipinski definition) is 0. The molecule has 62 valence electrons. The van der Waals surface area contributed by atoms with Crippen molar-refractivity contribution in [3.8, 4) is 0 Å². The van der Waals surface area contributed by atoms with Crippen LogP contribution < -0.4 is 0 Å². The van der Waals surface area contributed by atoms with Gasteiger partial charge in [-0.05, 0) is 28.1 Å². The summed E-state index contributed by atoms with van der Waals surface area (Å²) in [5.74, 6) is -0.299. The van der Waals surface area contributed by atoms with E-state index in [1.807, 2.05) is 5.38 Å². The standard InChI is InChI=1S/C8H3BrClFS/c9-6-3-12-8-5(6)1-4(11)2-7(8)10/h1-3H. The lowest BCUT2D eigenvalue weighted by atomic mass is 10.2. The second-order valence-electron chi connectivity index (χ2n) is 2.35. The van der Waals surface area contributed by atoms with Gasteiger partial charge in [-0.25, -0.2) is 4.39 Å². The Morgan fingerprint density at radius 3 is 2.92 bits per heavy atom. The van der Waals surface area contributed by atoms with Crippen LogP contribution in [0.2, 0.25) is 5.02 Å². The molecule has 0 aliphatic carbocycles. The molecule has 0 aliphatic heterocycles. The molecule has 12 heavy (non-hydrogen) atoms. The fourth-order valence-corrected chi connectivity index (χ4v) is 2.91. The van der Waals surface area contributed by atoms with Crippen molar-refractivity contribution < 1.29 is 4.39 Å². The number of halogens is 3. The van der Waals surface area contributed by atoms with Gasteiger partial charge in [-0.1, -0.05) is 11.6 Å². The molecular weight excluding hydrogens is 263 g/mol. The van der Waals surface area contributed by atoms with Gasteiger partial charge in [0.05, 0.1) is 9.72 Å². The van der Waals surface area contributed by atoms with E-state index in [0.29, 0.717) is 5.02 Å². The molecule has 4 heteroatoms. The highest BCUT2D eigenvalue weighted by Gasteiger charge is 2.06. The zero-order chi connectivity index (χ0) is 8.72. The normalized spacial score (nSPS) is 10.9. The van der Waals surface area contributed by atoms with E-state index in [9.17, 15) is 4.39 Å². The molecule has 0 amide bonds. The van der Waals surface area contributed by atoms with Crippen molar-refractivity contribution in [3.05, 3.63) is 32.8 Å². The Balaban J connectivity index is 2.92. The molecule has 0 saturated heterocycles. The lowest BCUT2D eigenvalue weighted by Crippen LogP contribution is -1.73. The van der Waals surface area contributed by atoms with E-state index < -0.39 is 0 Å². The Bertz CT molecular complexity index is 438. The highest BCUT2D eigenvalue weighted by atomic mass is 79.9. The van der Waals surface area contributed by atoms with E-state index >= 15 is 0 Å². The Hall–Kier alpha value is -0.120. The summed E-state index contributed by atoms with van der Waals surface area (Å²) in [6.45, 7) is 0. The Kier molecular flexibility index (Phi) is 2.10. The molecular formula is C8H3BrClFS. The third-order valence-electron chi connectivity index (χ3n) is 1.55. The second-order valence-corrected chi connectivity index (χ2v) is 4.49. The van der Waals surface area contributed by atoms with Crippen LogP contribution in [0.3, 0.4) is 0 Å². The van der Waals surface area contributed by atoms with Crippen LogP contribution >= 0.6 is 38.9 Å². The fourth-order valence-electron chi connectivity index (χ4n) is 1.03. The van der Waals surface area contributed by atoms with Gasteiger partial charge in [-0.15, -0.1) is 11.3 Å². The third kappa shape index (κ3) is 1.26. The maximum absolute atomic E-state index is 12.9. The summed E-state index contributed by atoms with van der Waals surface area (Å²) in [6, 6.07) is 2.80. The van der Waals surface area contributed by atoms with Crippen LogP contribution in [0.25, 0.3) is 10.1 Å². The van der Waals surface area contributed by atoms with Crippen molar-refractivity contribution in [1.29, 1.82) is 0 Å². The summed E-state index contributed by atoms with van der Waals surface area (Å²) < 4.78 is 14.7. The van der Waals surface area contributed by atoms with Gasteiger partial charge in [0.15, 0.2) is 0 Å². The molecule has 0 bridgehead atoms. The van der Waals surface area contributed by atoms with E-state index in [0.717, 1.165) is 14.6 Å². The quantitative estimate of drug-likeness (QED) is 0.660. The van der Waals surface area contributed by atoms with Crippen molar-refractivity contribution in [1.82, 2.24) is 0 Å². The monoisotopic (exact) mass is 264 g/mol. The molecule has 0 atom stereocenters. The van der Waals surface area contributed by atoms with Gasteiger partial charge in [0.25, 0.3) is 0 Å². The number of thiophene rings is 1. The molecule has 0 spiro atoms. The van der Waals surface area contributed by atoms with Gasteiger partial charge in [0.2, 0.25) is 0 Å². The maximum Gasteiger partial charge on any atom is 0.125 e. The summed E-state index contributed by atoms with van der Waals surface area (Å²) in [4.78, 5) is 0. The van der Waals surface area contributed by atoms with Gasteiger partial charge in [-0.3, -0.25) is 0 Å².